The zero-order chi connectivity index (χ0) is 12.6. The average Bonchev–Trinajstić information content (AvgIpc) is 2.16. The Kier molecular flexibility index (Phi) is 3.72. The van der Waals surface area contributed by atoms with Crippen molar-refractivity contribution in [3.8, 4) is 0 Å². The lowest BCUT2D eigenvalue weighted by Gasteiger charge is -2.32. The van der Waals surface area contributed by atoms with Gasteiger partial charge in [0, 0.05) is 29.3 Å². The summed E-state index contributed by atoms with van der Waals surface area (Å²) < 4.78 is 5.23. The maximum absolute atomic E-state index is 12.3. The summed E-state index contributed by atoms with van der Waals surface area (Å²) in [6.07, 6.45) is -0.616. The van der Waals surface area contributed by atoms with Crippen molar-refractivity contribution in [2.45, 2.75) is 40.7 Å². The third-order valence-corrected chi connectivity index (χ3v) is 4.71. The minimum atomic E-state index is -0.616. The molecule has 1 atom stereocenters. The second kappa shape index (κ2) is 4.40. The zero-order valence-electron chi connectivity index (χ0n) is 10.6. The Labute approximate surface area is 101 Å². The molecule has 4 heteroatoms. The zero-order valence-corrected chi connectivity index (χ0v) is 11.4. The van der Waals surface area contributed by atoms with E-state index < -0.39 is 11.5 Å². The van der Waals surface area contributed by atoms with Crippen molar-refractivity contribution in [2.75, 3.05) is 11.5 Å². The Bertz CT molecular complexity index is 307. The van der Waals surface area contributed by atoms with Gasteiger partial charge in [-0.15, -0.1) is 0 Å². The van der Waals surface area contributed by atoms with E-state index in [-0.39, 0.29) is 17.2 Å². The summed E-state index contributed by atoms with van der Waals surface area (Å²) in [7, 11) is 0. The molecule has 1 saturated heterocycles. The minimum Gasteiger partial charge on any atom is -0.454 e. The highest BCUT2D eigenvalue weighted by Crippen LogP contribution is 2.39. The fourth-order valence-electron chi connectivity index (χ4n) is 1.80. The largest absolute Gasteiger partial charge is 0.454 e. The van der Waals surface area contributed by atoms with Crippen LogP contribution in [0.3, 0.4) is 0 Å². The van der Waals surface area contributed by atoms with Crippen LogP contribution in [0.2, 0.25) is 0 Å². The van der Waals surface area contributed by atoms with Gasteiger partial charge in [0.05, 0.1) is 0 Å². The van der Waals surface area contributed by atoms with Crippen LogP contribution in [0.1, 0.15) is 34.6 Å². The molecule has 0 bridgehead atoms. The molecule has 1 fully saturated rings. The summed E-state index contributed by atoms with van der Waals surface area (Å²) in [4.78, 5) is 23.4. The number of carbonyl (C=O) groups excluding carboxylic acids is 2. The van der Waals surface area contributed by atoms with Gasteiger partial charge in [0.15, 0.2) is 11.9 Å². The topological polar surface area (TPSA) is 43.4 Å². The molecule has 1 aliphatic rings. The van der Waals surface area contributed by atoms with Crippen molar-refractivity contribution in [1.82, 2.24) is 0 Å². The number of thioether (sulfide) groups is 1. The van der Waals surface area contributed by atoms with E-state index in [2.05, 4.69) is 0 Å². The van der Waals surface area contributed by atoms with Crippen LogP contribution >= 0.6 is 11.8 Å². The molecule has 1 unspecified atom stereocenters. The van der Waals surface area contributed by atoms with E-state index in [0.717, 1.165) is 11.5 Å². The monoisotopic (exact) mass is 244 g/mol. The Balaban J connectivity index is 3.03. The van der Waals surface area contributed by atoms with Gasteiger partial charge in [0.1, 0.15) is 0 Å². The van der Waals surface area contributed by atoms with Crippen LogP contribution in [-0.4, -0.2) is 29.4 Å². The van der Waals surface area contributed by atoms with Gasteiger partial charge < -0.3 is 4.74 Å². The van der Waals surface area contributed by atoms with Gasteiger partial charge in [0.25, 0.3) is 0 Å². The maximum Gasteiger partial charge on any atom is 0.303 e. The predicted molar refractivity (Wildman–Crippen MR) is 65.4 cm³/mol. The van der Waals surface area contributed by atoms with E-state index in [1.54, 1.807) is 11.8 Å². The number of rotatable bonds is 1. The molecule has 1 rings (SSSR count). The summed E-state index contributed by atoms with van der Waals surface area (Å²) in [5.41, 5.74) is -0.709. The standard InChI is InChI=1S/C12H20O3S/c1-8(13)15-10-9(14)11(2,3)6-16-7-12(10,4)5/h10H,6-7H2,1-5H3. The highest BCUT2D eigenvalue weighted by Gasteiger charge is 2.46. The van der Waals surface area contributed by atoms with Gasteiger partial charge in [-0.2, -0.15) is 11.8 Å². The van der Waals surface area contributed by atoms with E-state index in [0.29, 0.717) is 0 Å². The molecule has 0 spiro atoms. The van der Waals surface area contributed by atoms with Crippen molar-refractivity contribution in [2.24, 2.45) is 10.8 Å². The highest BCUT2D eigenvalue weighted by atomic mass is 32.2. The first-order valence-electron chi connectivity index (χ1n) is 5.46. The van der Waals surface area contributed by atoms with Crippen molar-refractivity contribution < 1.29 is 14.3 Å². The summed E-state index contributed by atoms with van der Waals surface area (Å²) in [6.45, 7) is 9.15. The second-order valence-corrected chi connectivity index (χ2v) is 6.70. The van der Waals surface area contributed by atoms with Gasteiger partial charge >= 0.3 is 5.97 Å². The number of hydrogen-bond acceptors (Lipinski definition) is 4. The predicted octanol–water partition coefficient (Wildman–Crippen LogP) is 2.29. The molecule has 0 amide bonds. The van der Waals surface area contributed by atoms with E-state index in [4.69, 9.17) is 4.74 Å². The molecule has 0 saturated carbocycles. The lowest BCUT2D eigenvalue weighted by atomic mass is 9.77. The lowest BCUT2D eigenvalue weighted by molar-refractivity contribution is -0.162. The molecule has 1 aliphatic heterocycles. The van der Waals surface area contributed by atoms with E-state index in [9.17, 15) is 9.59 Å². The molecule has 1 heterocycles. The van der Waals surface area contributed by atoms with Gasteiger partial charge in [-0.05, 0) is 0 Å². The third-order valence-electron chi connectivity index (χ3n) is 2.84. The van der Waals surface area contributed by atoms with Gasteiger partial charge in [-0.25, -0.2) is 0 Å². The Hall–Kier alpha value is -0.510. The SMILES string of the molecule is CC(=O)OC1C(=O)C(C)(C)CSCC1(C)C. The Morgan fingerprint density at radius 2 is 1.88 bits per heavy atom. The van der Waals surface area contributed by atoms with Crippen LogP contribution < -0.4 is 0 Å². The summed E-state index contributed by atoms with van der Waals surface area (Å²) in [5.74, 6) is 1.28. The van der Waals surface area contributed by atoms with Crippen LogP contribution in [0.4, 0.5) is 0 Å². The average molecular weight is 244 g/mol. The van der Waals surface area contributed by atoms with Gasteiger partial charge in [-0.1, -0.05) is 27.7 Å². The Morgan fingerprint density at radius 3 is 2.38 bits per heavy atom. The first-order chi connectivity index (χ1) is 7.17. The number of hydrogen-bond donors (Lipinski definition) is 0. The second-order valence-electron chi connectivity index (χ2n) is 5.72. The number of esters is 1. The first-order valence-corrected chi connectivity index (χ1v) is 6.61. The highest BCUT2D eigenvalue weighted by molar-refractivity contribution is 7.99. The van der Waals surface area contributed by atoms with Crippen molar-refractivity contribution >= 4 is 23.5 Å². The maximum atomic E-state index is 12.3. The molecule has 0 N–H and O–H groups in total. The molecule has 3 nitrogen and oxygen atoms in total. The smallest absolute Gasteiger partial charge is 0.303 e. The van der Waals surface area contributed by atoms with Gasteiger partial charge in [-0.3, -0.25) is 9.59 Å². The number of carbonyl (C=O) groups is 2. The number of ketones is 1. The van der Waals surface area contributed by atoms with Crippen molar-refractivity contribution in [3.63, 3.8) is 0 Å². The third kappa shape index (κ3) is 2.78. The summed E-state index contributed by atoms with van der Waals surface area (Å²) >= 11 is 1.75. The molecule has 0 aromatic rings. The molecule has 0 aliphatic carbocycles. The first kappa shape index (κ1) is 13.6. The van der Waals surface area contributed by atoms with Crippen LogP contribution in [0.25, 0.3) is 0 Å². The lowest BCUT2D eigenvalue weighted by Crippen LogP contribution is -2.45. The molecule has 16 heavy (non-hydrogen) atoms. The van der Waals surface area contributed by atoms with Crippen LogP contribution in [0.5, 0.6) is 0 Å². The van der Waals surface area contributed by atoms with Crippen molar-refractivity contribution in [3.05, 3.63) is 0 Å². The number of ether oxygens (including phenoxy) is 1. The summed E-state index contributed by atoms with van der Waals surface area (Å²) in [6, 6.07) is 0. The minimum absolute atomic E-state index is 0.0395. The quantitative estimate of drug-likeness (QED) is 0.664. The van der Waals surface area contributed by atoms with Crippen LogP contribution in [0, 0.1) is 10.8 Å². The van der Waals surface area contributed by atoms with Crippen LogP contribution in [0.15, 0.2) is 0 Å². The molecule has 92 valence electrons. The van der Waals surface area contributed by atoms with E-state index >= 15 is 0 Å². The fraction of sp³-hybridized carbons (Fsp3) is 0.833. The normalized spacial score (nSPS) is 28.3. The fourth-order valence-corrected chi connectivity index (χ4v) is 3.24. The van der Waals surface area contributed by atoms with Crippen LogP contribution in [-0.2, 0) is 14.3 Å². The molecular weight excluding hydrogens is 224 g/mol. The number of Topliss-reactive ketones (excluding diaryl/α,β-unsaturated/α-hetero) is 1. The molecular formula is C12H20O3S. The van der Waals surface area contributed by atoms with E-state index in [1.165, 1.54) is 6.92 Å². The molecule has 0 aromatic carbocycles. The van der Waals surface area contributed by atoms with Gasteiger partial charge in [0.2, 0.25) is 0 Å². The molecule has 0 aromatic heterocycles. The molecule has 0 radical (unpaired) electrons. The summed E-state index contributed by atoms with van der Waals surface area (Å²) in [5, 5.41) is 0. The van der Waals surface area contributed by atoms with E-state index in [1.807, 2.05) is 27.7 Å². The van der Waals surface area contributed by atoms with Crippen molar-refractivity contribution in [1.29, 1.82) is 0 Å². The Morgan fingerprint density at radius 1 is 1.31 bits per heavy atom.